The summed E-state index contributed by atoms with van der Waals surface area (Å²) in [5.74, 6) is 0.771. The third-order valence-corrected chi connectivity index (χ3v) is 7.10. The summed E-state index contributed by atoms with van der Waals surface area (Å²) in [7, 11) is -2.45. The molecule has 0 aromatic heterocycles. The molecule has 0 unspecified atom stereocenters. The minimum atomic E-state index is -3.90. The van der Waals surface area contributed by atoms with Gasteiger partial charge in [0, 0.05) is 18.8 Å². The van der Waals surface area contributed by atoms with Gasteiger partial charge in [0.15, 0.2) is 0 Å². The van der Waals surface area contributed by atoms with Crippen LogP contribution in [-0.2, 0) is 14.8 Å². The van der Waals surface area contributed by atoms with Crippen LogP contribution in [0.5, 0.6) is 11.5 Å². The van der Waals surface area contributed by atoms with E-state index >= 15 is 0 Å². The van der Waals surface area contributed by atoms with Crippen molar-refractivity contribution in [2.75, 3.05) is 38.1 Å². The molecule has 0 spiro atoms. The molecule has 9 heteroatoms. The second-order valence-corrected chi connectivity index (χ2v) is 9.60. The molecule has 2 aliphatic rings. The van der Waals surface area contributed by atoms with Crippen LogP contribution in [0.2, 0.25) is 0 Å². The lowest BCUT2D eigenvalue weighted by atomic mass is 10.1. The van der Waals surface area contributed by atoms with E-state index in [2.05, 4.69) is 4.72 Å². The summed E-state index contributed by atoms with van der Waals surface area (Å²) in [6.45, 7) is 1.81. The van der Waals surface area contributed by atoms with Crippen LogP contribution in [0.25, 0.3) is 0 Å². The second kappa shape index (κ2) is 9.79. The van der Waals surface area contributed by atoms with Crippen LogP contribution in [0.15, 0.2) is 47.4 Å². The number of nitrogens with one attached hydrogen (secondary N) is 1. The lowest BCUT2D eigenvalue weighted by molar-refractivity contribution is 0.0300. The van der Waals surface area contributed by atoms with E-state index in [0.717, 1.165) is 18.6 Å². The summed E-state index contributed by atoms with van der Waals surface area (Å²) < 4.78 is 45.1. The first-order valence-electron chi connectivity index (χ1n) is 10.8. The van der Waals surface area contributed by atoms with Gasteiger partial charge >= 0.3 is 0 Å². The van der Waals surface area contributed by atoms with E-state index in [1.54, 1.807) is 29.2 Å². The molecular formula is C23H28N2O6S. The fourth-order valence-electron chi connectivity index (χ4n) is 3.97. The fraction of sp³-hybridized carbons (Fsp3) is 0.435. The molecule has 2 aromatic rings. The summed E-state index contributed by atoms with van der Waals surface area (Å²) in [5, 5.41) is 0. The van der Waals surface area contributed by atoms with E-state index in [1.165, 1.54) is 38.2 Å². The molecule has 0 radical (unpaired) electrons. The Hall–Kier alpha value is -2.78. The van der Waals surface area contributed by atoms with Crippen molar-refractivity contribution in [1.29, 1.82) is 0 Å². The standard InChI is InChI=1S/C23H28N2O6S/c1-29-22-11-10-20(16-21(22)23(26)25-12-14-30-15-13-25)32(27,28)24-17-6-8-19(9-7-17)31-18-4-2-3-5-18/h6-11,16,18,24H,2-5,12-15H2,1H3. The zero-order valence-electron chi connectivity index (χ0n) is 18.1. The fourth-order valence-corrected chi connectivity index (χ4v) is 5.06. The molecule has 1 aliphatic heterocycles. The smallest absolute Gasteiger partial charge is 0.261 e. The number of hydrogen-bond donors (Lipinski definition) is 1. The molecule has 0 bridgehead atoms. The highest BCUT2D eigenvalue weighted by Crippen LogP contribution is 2.28. The second-order valence-electron chi connectivity index (χ2n) is 7.92. The van der Waals surface area contributed by atoms with E-state index in [9.17, 15) is 13.2 Å². The molecule has 4 rings (SSSR count). The summed E-state index contributed by atoms with van der Waals surface area (Å²) >= 11 is 0. The third-order valence-electron chi connectivity index (χ3n) is 5.72. The van der Waals surface area contributed by atoms with E-state index in [-0.39, 0.29) is 22.5 Å². The highest BCUT2D eigenvalue weighted by Gasteiger charge is 2.25. The number of carbonyl (C=O) groups is 1. The molecule has 1 saturated carbocycles. The quantitative estimate of drug-likeness (QED) is 0.682. The Morgan fingerprint density at radius 1 is 1.06 bits per heavy atom. The van der Waals surface area contributed by atoms with Gasteiger partial charge < -0.3 is 19.1 Å². The average Bonchev–Trinajstić information content (AvgIpc) is 3.33. The molecule has 1 aliphatic carbocycles. The molecule has 1 heterocycles. The van der Waals surface area contributed by atoms with Gasteiger partial charge in [-0.25, -0.2) is 8.42 Å². The van der Waals surface area contributed by atoms with Crippen molar-refractivity contribution in [2.45, 2.75) is 36.7 Å². The number of morpholine rings is 1. The topological polar surface area (TPSA) is 94.2 Å². The molecule has 1 amide bonds. The highest BCUT2D eigenvalue weighted by molar-refractivity contribution is 7.92. The van der Waals surface area contributed by atoms with Crippen LogP contribution in [0, 0.1) is 0 Å². The number of carbonyl (C=O) groups excluding carboxylic acids is 1. The first-order valence-corrected chi connectivity index (χ1v) is 12.3. The van der Waals surface area contributed by atoms with E-state index < -0.39 is 10.0 Å². The van der Waals surface area contributed by atoms with Gasteiger partial charge in [-0.2, -0.15) is 0 Å². The first kappa shape index (κ1) is 22.4. The van der Waals surface area contributed by atoms with Crippen LogP contribution in [0.1, 0.15) is 36.0 Å². The highest BCUT2D eigenvalue weighted by atomic mass is 32.2. The van der Waals surface area contributed by atoms with Crippen molar-refractivity contribution in [3.8, 4) is 11.5 Å². The number of hydrogen-bond acceptors (Lipinski definition) is 6. The van der Waals surface area contributed by atoms with Crippen molar-refractivity contribution in [3.63, 3.8) is 0 Å². The van der Waals surface area contributed by atoms with Gasteiger partial charge in [0.05, 0.1) is 36.9 Å². The molecule has 32 heavy (non-hydrogen) atoms. The molecule has 1 saturated heterocycles. The number of nitrogens with zero attached hydrogens (tertiary/aromatic N) is 1. The van der Waals surface area contributed by atoms with Crippen LogP contribution in [0.3, 0.4) is 0 Å². The van der Waals surface area contributed by atoms with Gasteiger partial charge in [-0.3, -0.25) is 9.52 Å². The number of ether oxygens (including phenoxy) is 3. The van der Waals surface area contributed by atoms with Gasteiger partial charge in [0.25, 0.3) is 15.9 Å². The molecule has 2 fully saturated rings. The zero-order chi connectivity index (χ0) is 22.6. The molecular weight excluding hydrogens is 432 g/mol. The maximum absolute atomic E-state index is 13.0. The number of rotatable bonds is 7. The first-order chi connectivity index (χ1) is 15.5. The van der Waals surface area contributed by atoms with Crippen molar-refractivity contribution in [2.24, 2.45) is 0 Å². The van der Waals surface area contributed by atoms with Crippen LogP contribution in [0.4, 0.5) is 5.69 Å². The molecule has 8 nitrogen and oxygen atoms in total. The molecule has 172 valence electrons. The summed E-state index contributed by atoms with van der Waals surface area (Å²) in [4.78, 5) is 14.6. The number of sulfonamides is 1. The molecule has 2 aromatic carbocycles. The van der Waals surface area contributed by atoms with Crippen LogP contribution < -0.4 is 14.2 Å². The predicted octanol–water partition coefficient (Wildman–Crippen LogP) is 3.29. The van der Waals surface area contributed by atoms with Gasteiger partial charge in [-0.1, -0.05) is 0 Å². The maximum atomic E-state index is 13.0. The van der Waals surface area contributed by atoms with E-state index in [4.69, 9.17) is 14.2 Å². The third kappa shape index (κ3) is 5.16. The number of amides is 1. The Morgan fingerprint density at radius 2 is 1.75 bits per heavy atom. The lowest BCUT2D eigenvalue weighted by Gasteiger charge is -2.27. The molecule has 0 atom stereocenters. The zero-order valence-corrected chi connectivity index (χ0v) is 18.9. The Labute approximate surface area is 188 Å². The summed E-state index contributed by atoms with van der Waals surface area (Å²) in [6, 6.07) is 11.2. The SMILES string of the molecule is COc1ccc(S(=O)(=O)Nc2ccc(OC3CCCC3)cc2)cc1C(=O)N1CCOCC1. The van der Waals surface area contributed by atoms with Crippen molar-refractivity contribution >= 4 is 21.6 Å². The van der Waals surface area contributed by atoms with Crippen molar-refractivity contribution in [3.05, 3.63) is 48.0 Å². The Kier molecular flexibility index (Phi) is 6.86. The Balaban J connectivity index is 1.50. The Bertz CT molecular complexity index is 1040. The van der Waals surface area contributed by atoms with Crippen molar-refractivity contribution in [1.82, 2.24) is 4.90 Å². The predicted molar refractivity (Wildman–Crippen MR) is 120 cm³/mol. The summed E-state index contributed by atoms with van der Waals surface area (Å²) in [6.07, 6.45) is 4.70. The average molecular weight is 461 g/mol. The Morgan fingerprint density at radius 3 is 2.41 bits per heavy atom. The number of anilines is 1. The number of benzene rings is 2. The maximum Gasteiger partial charge on any atom is 0.261 e. The van der Waals surface area contributed by atoms with Gasteiger partial charge in [-0.05, 0) is 68.1 Å². The van der Waals surface area contributed by atoms with E-state index in [1.807, 2.05) is 0 Å². The lowest BCUT2D eigenvalue weighted by Crippen LogP contribution is -2.40. The van der Waals surface area contributed by atoms with Gasteiger partial charge in [0.2, 0.25) is 0 Å². The largest absolute Gasteiger partial charge is 0.496 e. The minimum Gasteiger partial charge on any atom is -0.496 e. The summed E-state index contributed by atoms with van der Waals surface area (Å²) in [5.41, 5.74) is 0.623. The molecule has 1 N–H and O–H groups in total. The van der Waals surface area contributed by atoms with Gasteiger partial charge in [0.1, 0.15) is 11.5 Å². The monoisotopic (exact) mass is 460 g/mol. The van der Waals surface area contributed by atoms with Crippen molar-refractivity contribution < 1.29 is 27.4 Å². The number of methoxy groups -OCH3 is 1. The van der Waals surface area contributed by atoms with Gasteiger partial charge in [-0.15, -0.1) is 0 Å². The normalized spacial score (nSPS) is 17.2. The minimum absolute atomic E-state index is 0.0128. The van der Waals surface area contributed by atoms with Crippen LogP contribution in [-0.4, -0.2) is 58.7 Å². The van der Waals surface area contributed by atoms with Crippen LogP contribution >= 0.6 is 0 Å². The van der Waals surface area contributed by atoms with E-state index in [0.29, 0.717) is 37.7 Å².